The topological polar surface area (TPSA) is 38.7 Å². The first-order valence-corrected chi connectivity index (χ1v) is 7.34. The van der Waals surface area contributed by atoms with Gasteiger partial charge in [0, 0.05) is 18.4 Å². The van der Waals surface area contributed by atoms with Crippen LogP contribution >= 0.6 is 0 Å². The number of aryl methyl sites for hydroxylation is 1. The first kappa shape index (κ1) is 14.0. The summed E-state index contributed by atoms with van der Waals surface area (Å²) < 4.78 is 11.3. The van der Waals surface area contributed by atoms with Crippen molar-refractivity contribution in [3.63, 3.8) is 0 Å². The van der Waals surface area contributed by atoms with Crippen LogP contribution in [-0.4, -0.2) is 18.3 Å². The molecule has 0 saturated heterocycles. The van der Waals surface area contributed by atoms with E-state index in [4.69, 9.17) is 9.47 Å². The molecule has 0 atom stereocenters. The molecule has 0 amide bonds. The van der Waals surface area contributed by atoms with Crippen LogP contribution in [0.15, 0.2) is 36.4 Å². The van der Waals surface area contributed by atoms with Crippen molar-refractivity contribution < 1.29 is 14.6 Å². The van der Waals surface area contributed by atoms with E-state index in [2.05, 4.69) is 12.1 Å². The molecule has 2 aromatic rings. The van der Waals surface area contributed by atoms with E-state index in [1.165, 1.54) is 11.1 Å². The molecule has 1 heterocycles. The second-order valence-corrected chi connectivity index (χ2v) is 5.41. The molecule has 3 nitrogen and oxygen atoms in total. The third kappa shape index (κ3) is 3.19. The monoisotopic (exact) mass is 284 g/mol. The molecule has 0 spiro atoms. The fourth-order valence-corrected chi connectivity index (χ4v) is 2.65. The molecule has 0 aliphatic carbocycles. The van der Waals surface area contributed by atoms with Crippen molar-refractivity contribution in [3.8, 4) is 11.5 Å². The summed E-state index contributed by atoms with van der Waals surface area (Å²) in [5.41, 5.74) is 4.53. The number of aliphatic hydroxyl groups is 1. The molecule has 1 aliphatic rings. The van der Waals surface area contributed by atoms with E-state index in [1.54, 1.807) is 0 Å². The summed E-state index contributed by atoms with van der Waals surface area (Å²) in [5.74, 6) is 1.79. The summed E-state index contributed by atoms with van der Waals surface area (Å²) in [7, 11) is 0. The maximum atomic E-state index is 9.37. The number of hydrogen-bond acceptors (Lipinski definition) is 3. The fraction of sp³-hybridized carbons (Fsp3) is 0.333. The highest BCUT2D eigenvalue weighted by Gasteiger charge is 2.12. The zero-order chi connectivity index (χ0) is 14.7. The van der Waals surface area contributed by atoms with Gasteiger partial charge in [-0.15, -0.1) is 0 Å². The minimum Gasteiger partial charge on any atom is -0.493 e. The standard InChI is InChI=1S/C18H20O3/c1-13-2-4-18(16(10-13)12-19)20-8-6-14-3-5-17-15(11-14)7-9-21-17/h2-5,10-11,19H,6-9,12H2,1H3. The van der Waals surface area contributed by atoms with Crippen molar-refractivity contribution in [2.75, 3.05) is 13.2 Å². The van der Waals surface area contributed by atoms with Gasteiger partial charge in [0.1, 0.15) is 11.5 Å². The summed E-state index contributed by atoms with van der Waals surface area (Å²) in [5, 5.41) is 9.37. The zero-order valence-corrected chi connectivity index (χ0v) is 12.3. The molecule has 3 rings (SSSR count). The Morgan fingerprint density at radius 2 is 2.10 bits per heavy atom. The number of ether oxygens (including phenoxy) is 2. The van der Waals surface area contributed by atoms with Crippen molar-refractivity contribution >= 4 is 0 Å². The maximum Gasteiger partial charge on any atom is 0.124 e. The normalized spacial score (nSPS) is 12.9. The summed E-state index contributed by atoms with van der Waals surface area (Å²) in [4.78, 5) is 0. The van der Waals surface area contributed by atoms with Gasteiger partial charge in [0.25, 0.3) is 0 Å². The Morgan fingerprint density at radius 1 is 1.19 bits per heavy atom. The number of benzene rings is 2. The highest BCUT2D eigenvalue weighted by atomic mass is 16.5. The van der Waals surface area contributed by atoms with E-state index in [0.717, 1.165) is 42.1 Å². The Labute approximate surface area is 125 Å². The summed E-state index contributed by atoms with van der Waals surface area (Å²) in [6.07, 6.45) is 1.85. The summed E-state index contributed by atoms with van der Waals surface area (Å²) >= 11 is 0. The molecule has 0 fully saturated rings. The molecule has 2 aromatic carbocycles. The van der Waals surface area contributed by atoms with Crippen molar-refractivity contribution in [2.45, 2.75) is 26.4 Å². The lowest BCUT2D eigenvalue weighted by Crippen LogP contribution is -2.04. The van der Waals surface area contributed by atoms with Gasteiger partial charge < -0.3 is 14.6 Å². The predicted octanol–water partition coefficient (Wildman–Crippen LogP) is 3.04. The zero-order valence-electron chi connectivity index (χ0n) is 12.3. The van der Waals surface area contributed by atoms with E-state index in [1.807, 2.05) is 31.2 Å². The summed E-state index contributed by atoms with van der Waals surface area (Å²) in [6.45, 7) is 3.41. The third-order valence-electron chi connectivity index (χ3n) is 3.79. The van der Waals surface area contributed by atoms with E-state index in [9.17, 15) is 5.11 Å². The molecule has 0 aromatic heterocycles. The van der Waals surface area contributed by atoms with Gasteiger partial charge in [-0.1, -0.05) is 29.8 Å². The smallest absolute Gasteiger partial charge is 0.124 e. The third-order valence-corrected chi connectivity index (χ3v) is 3.79. The van der Waals surface area contributed by atoms with Gasteiger partial charge >= 0.3 is 0 Å². The first-order valence-electron chi connectivity index (χ1n) is 7.34. The van der Waals surface area contributed by atoms with Gasteiger partial charge in [0.2, 0.25) is 0 Å². The van der Waals surface area contributed by atoms with Crippen LogP contribution in [0.1, 0.15) is 22.3 Å². The van der Waals surface area contributed by atoms with Gasteiger partial charge in [0.05, 0.1) is 19.8 Å². The number of rotatable bonds is 5. The minimum atomic E-state index is 0.00714. The Kier molecular flexibility index (Phi) is 4.11. The van der Waals surface area contributed by atoms with Gasteiger partial charge in [-0.05, 0) is 30.2 Å². The SMILES string of the molecule is Cc1ccc(OCCc2ccc3c(c2)CCO3)c(CO)c1. The fourth-order valence-electron chi connectivity index (χ4n) is 2.65. The highest BCUT2D eigenvalue weighted by molar-refractivity contribution is 5.40. The molecule has 21 heavy (non-hydrogen) atoms. The second kappa shape index (κ2) is 6.19. The van der Waals surface area contributed by atoms with Gasteiger partial charge in [-0.2, -0.15) is 0 Å². The molecular weight excluding hydrogens is 264 g/mol. The average molecular weight is 284 g/mol. The van der Waals surface area contributed by atoms with Gasteiger partial charge in [0.15, 0.2) is 0 Å². The van der Waals surface area contributed by atoms with Gasteiger partial charge in [-0.25, -0.2) is 0 Å². The van der Waals surface area contributed by atoms with Gasteiger partial charge in [-0.3, -0.25) is 0 Å². The van der Waals surface area contributed by atoms with E-state index in [-0.39, 0.29) is 6.61 Å². The van der Waals surface area contributed by atoms with E-state index < -0.39 is 0 Å². The van der Waals surface area contributed by atoms with Crippen molar-refractivity contribution in [3.05, 3.63) is 58.7 Å². The Morgan fingerprint density at radius 3 is 2.95 bits per heavy atom. The predicted molar refractivity (Wildman–Crippen MR) is 81.9 cm³/mol. The molecule has 1 aliphatic heterocycles. The Balaban J connectivity index is 1.61. The molecule has 3 heteroatoms. The summed E-state index contributed by atoms with van der Waals surface area (Å²) in [6, 6.07) is 12.2. The molecule has 0 saturated carbocycles. The molecule has 0 unspecified atom stereocenters. The van der Waals surface area contributed by atoms with Crippen LogP contribution in [-0.2, 0) is 19.4 Å². The first-order chi connectivity index (χ1) is 10.3. The van der Waals surface area contributed by atoms with Crippen molar-refractivity contribution in [2.24, 2.45) is 0 Å². The largest absolute Gasteiger partial charge is 0.493 e. The van der Waals surface area contributed by atoms with Crippen LogP contribution < -0.4 is 9.47 Å². The Bertz CT molecular complexity index is 634. The quantitative estimate of drug-likeness (QED) is 0.917. The molecule has 0 radical (unpaired) electrons. The number of hydrogen-bond donors (Lipinski definition) is 1. The van der Waals surface area contributed by atoms with Crippen LogP contribution in [0, 0.1) is 6.92 Å². The lowest BCUT2D eigenvalue weighted by atomic mass is 10.1. The average Bonchev–Trinajstić information content (AvgIpc) is 2.96. The van der Waals surface area contributed by atoms with Crippen molar-refractivity contribution in [1.82, 2.24) is 0 Å². The maximum absolute atomic E-state index is 9.37. The lowest BCUT2D eigenvalue weighted by Gasteiger charge is -2.11. The van der Waals surface area contributed by atoms with E-state index in [0.29, 0.717) is 6.61 Å². The van der Waals surface area contributed by atoms with Crippen LogP contribution in [0.3, 0.4) is 0 Å². The van der Waals surface area contributed by atoms with Crippen LogP contribution in [0.25, 0.3) is 0 Å². The number of fused-ring (bicyclic) bond motifs is 1. The molecule has 1 N–H and O–H groups in total. The highest BCUT2D eigenvalue weighted by Crippen LogP contribution is 2.26. The van der Waals surface area contributed by atoms with Crippen LogP contribution in [0.4, 0.5) is 0 Å². The van der Waals surface area contributed by atoms with Crippen LogP contribution in [0.5, 0.6) is 11.5 Å². The molecule has 0 bridgehead atoms. The number of aliphatic hydroxyl groups excluding tert-OH is 1. The van der Waals surface area contributed by atoms with E-state index >= 15 is 0 Å². The lowest BCUT2D eigenvalue weighted by molar-refractivity contribution is 0.263. The molecular formula is C18H20O3. The van der Waals surface area contributed by atoms with Crippen LogP contribution in [0.2, 0.25) is 0 Å². The minimum absolute atomic E-state index is 0.00714. The molecule has 110 valence electrons. The second-order valence-electron chi connectivity index (χ2n) is 5.41. The van der Waals surface area contributed by atoms with Crippen molar-refractivity contribution in [1.29, 1.82) is 0 Å². The Hall–Kier alpha value is -2.00.